The summed E-state index contributed by atoms with van der Waals surface area (Å²) in [4.78, 5) is 23.7. The average Bonchev–Trinajstić information content (AvgIpc) is 2.76. The number of piperidine rings is 1. The molecule has 148 valence electrons. The molecule has 0 saturated carbocycles. The van der Waals surface area contributed by atoms with Crippen LogP contribution in [-0.4, -0.2) is 33.9 Å². The van der Waals surface area contributed by atoms with Gasteiger partial charge < -0.3 is 4.90 Å². The van der Waals surface area contributed by atoms with Crippen molar-refractivity contribution in [3.05, 3.63) is 94.5 Å². The Bertz CT molecular complexity index is 959. The SMILES string of the molecule is O=C(Cc1cccnc1)N1CCC[C@H](c2cccc(Cc3ccc(Cl)cc3)n2)C1. The fourth-order valence-electron chi connectivity index (χ4n) is 3.87. The van der Waals surface area contributed by atoms with E-state index < -0.39 is 0 Å². The molecule has 1 aliphatic heterocycles. The summed E-state index contributed by atoms with van der Waals surface area (Å²) in [6.45, 7) is 1.55. The molecule has 0 spiro atoms. The molecule has 4 nitrogen and oxygen atoms in total. The molecule has 1 amide bonds. The molecular weight excluding hydrogens is 382 g/mol. The van der Waals surface area contributed by atoms with E-state index in [0.717, 1.165) is 54.3 Å². The third-order valence-corrected chi connectivity index (χ3v) is 5.65. The van der Waals surface area contributed by atoms with Gasteiger partial charge in [-0.05, 0) is 54.3 Å². The lowest BCUT2D eigenvalue weighted by atomic mass is 9.93. The third kappa shape index (κ3) is 5.21. The highest BCUT2D eigenvalue weighted by molar-refractivity contribution is 6.30. The first kappa shape index (κ1) is 19.6. The molecule has 29 heavy (non-hydrogen) atoms. The van der Waals surface area contributed by atoms with Gasteiger partial charge in [0.1, 0.15) is 0 Å². The van der Waals surface area contributed by atoms with Crippen LogP contribution in [-0.2, 0) is 17.6 Å². The number of hydrogen-bond donors (Lipinski definition) is 0. The van der Waals surface area contributed by atoms with Gasteiger partial charge in [-0.1, -0.05) is 35.9 Å². The summed E-state index contributed by atoms with van der Waals surface area (Å²) in [7, 11) is 0. The molecule has 1 fully saturated rings. The van der Waals surface area contributed by atoms with Crippen molar-refractivity contribution in [1.29, 1.82) is 0 Å². The second-order valence-corrected chi connectivity index (χ2v) is 8.01. The Balaban J connectivity index is 1.42. The molecule has 0 unspecified atom stereocenters. The summed E-state index contributed by atoms with van der Waals surface area (Å²) in [6, 6.07) is 17.9. The molecule has 2 aromatic heterocycles. The van der Waals surface area contributed by atoms with Gasteiger partial charge in [0.25, 0.3) is 0 Å². The van der Waals surface area contributed by atoms with Crippen molar-refractivity contribution in [1.82, 2.24) is 14.9 Å². The van der Waals surface area contributed by atoms with E-state index in [9.17, 15) is 4.79 Å². The molecule has 0 radical (unpaired) electrons. The summed E-state index contributed by atoms with van der Waals surface area (Å²) < 4.78 is 0. The lowest BCUT2D eigenvalue weighted by Crippen LogP contribution is -2.40. The van der Waals surface area contributed by atoms with Crippen LogP contribution in [0.4, 0.5) is 0 Å². The zero-order valence-corrected chi connectivity index (χ0v) is 17.1. The zero-order valence-electron chi connectivity index (χ0n) is 16.3. The van der Waals surface area contributed by atoms with Gasteiger partial charge in [-0.2, -0.15) is 0 Å². The van der Waals surface area contributed by atoms with Crippen molar-refractivity contribution in [3.8, 4) is 0 Å². The quantitative estimate of drug-likeness (QED) is 0.619. The molecule has 0 aliphatic carbocycles. The van der Waals surface area contributed by atoms with Gasteiger partial charge in [0, 0.05) is 54.2 Å². The average molecular weight is 406 g/mol. The maximum absolute atomic E-state index is 12.7. The predicted octanol–water partition coefficient (Wildman–Crippen LogP) is 4.67. The van der Waals surface area contributed by atoms with Crippen molar-refractivity contribution in [3.63, 3.8) is 0 Å². The van der Waals surface area contributed by atoms with Crippen molar-refractivity contribution in [2.75, 3.05) is 13.1 Å². The van der Waals surface area contributed by atoms with Crippen molar-refractivity contribution >= 4 is 17.5 Å². The summed E-state index contributed by atoms with van der Waals surface area (Å²) in [6.07, 6.45) is 6.75. The summed E-state index contributed by atoms with van der Waals surface area (Å²) >= 11 is 5.98. The Morgan fingerprint density at radius 2 is 1.93 bits per heavy atom. The van der Waals surface area contributed by atoms with Crippen molar-refractivity contribution in [2.45, 2.75) is 31.6 Å². The first-order valence-corrected chi connectivity index (χ1v) is 10.4. The molecule has 3 aromatic rings. The Labute approximate surface area is 176 Å². The minimum Gasteiger partial charge on any atom is -0.342 e. The van der Waals surface area contributed by atoms with Gasteiger partial charge in [0.2, 0.25) is 5.91 Å². The highest BCUT2D eigenvalue weighted by Crippen LogP contribution is 2.26. The maximum Gasteiger partial charge on any atom is 0.227 e. The molecule has 1 aliphatic rings. The lowest BCUT2D eigenvalue weighted by Gasteiger charge is -2.32. The van der Waals surface area contributed by atoms with Crippen LogP contribution < -0.4 is 0 Å². The van der Waals surface area contributed by atoms with Crippen LogP contribution in [0, 0.1) is 0 Å². The molecule has 3 heterocycles. The molecule has 1 saturated heterocycles. The minimum absolute atomic E-state index is 0.167. The van der Waals surface area contributed by atoms with E-state index in [1.54, 1.807) is 12.4 Å². The first-order chi connectivity index (χ1) is 14.2. The lowest BCUT2D eigenvalue weighted by molar-refractivity contribution is -0.131. The Morgan fingerprint density at radius 1 is 1.07 bits per heavy atom. The van der Waals surface area contributed by atoms with Gasteiger partial charge in [0.05, 0.1) is 6.42 Å². The fourth-order valence-corrected chi connectivity index (χ4v) is 4.00. The van der Waals surface area contributed by atoms with Gasteiger partial charge in [0.15, 0.2) is 0 Å². The zero-order chi connectivity index (χ0) is 20.1. The van der Waals surface area contributed by atoms with E-state index in [0.29, 0.717) is 6.42 Å². The molecule has 0 N–H and O–H groups in total. The Hall–Kier alpha value is -2.72. The van der Waals surface area contributed by atoms with Crippen molar-refractivity contribution in [2.24, 2.45) is 0 Å². The van der Waals surface area contributed by atoms with Crippen molar-refractivity contribution < 1.29 is 4.79 Å². The topological polar surface area (TPSA) is 46.1 Å². The molecule has 4 rings (SSSR count). The predicted molar refractivity (Wildman–Crippen MR) is 115 cm³/mol. The van der Waals surface area contributed by atoms with Crippen LogP contribution in [0.15, 0.2) is 67.0 Å². The van der Waals surface area contributed by atoms with E-state index in [2.05, 4.69) is 23.2 Å². The number of rotatable bonds is 5. The van der Waals surface area contributed by atoms with E-state index in [1.165, 1.54) is 5.56 Å². The number of aromatic nitrogens is 2. The minimum atomic E-state index is 0.167. The van der Waals surface area contributed by atoms with E-state index >= 15 is 0 Å². The van der Waals surface area contributed by atoms with E-state index in [4.69, 9.17) is 16.6 Å². The highest BCUT2D eigenvalue weighted by atomic mass is 35.5. The number of hydrogen-bond acceptors (Lipinski definition) is 3. The molecular formula is C24H24ClN3O. The fraction of sp³-hybridized carbons (Fsp3) is 0.292. The first-order valence-electron chi connectivity index (χ1n) is 10.0. The second kappa shape index (κ2) is 9.19. The second-order valence-electron chi connectivity index (χ2n) is 7.57. The van der Waals surface area contributed by atoms with Crippen LogP contribution >= 0.6 is 11.6 Å². The van der Waals surface area contributed by atoms with E-state index in [1.807, 2.05) is 41.3 Å². The van der Waals surface area contributed by atoms with E-state index in [-0.39, 0.29) is 11.8 Å². The summed E-state index contributed by atoms with van der Waals surface area (Å²) in [5.41, 5.74) is 4.28. The normalized spacial score (nSPS) is 16.6. The monoisotopic (exact) mass is 405 g/mol. The summed E-state index contributed by atoms with van der Waals surface area (Å²) in [5.74, 6) is 0.451. The van der Waals surface area contributed by atoms with Crippen LogP contribution in [0.25, 0.3) is 0 Å². The van der Waals surface area contributed by atoms with Gasteiger partial charge in [-0.3, -0.25) is 14.8 Å². The number of pyridine rings is 2. The highest BCUT2D eigenvalue weighted by Gasteiger charge is 2.25. The van der Waals surface area contributed by atoms with Crippen LogP contribution in [0.1, 0.15) is 41.3 Å². The van der Waals surface area contributed by atoms with Gasteiger partial charge in [-0.15, -0.1) is 0 Å². The number of amides is 1. The molecule has 0 bridgehead atoms. The number of nitrogens with zero attached hydrogens (tertiary/aromatic N) is 3. The Morgan fingerprint density at radius 3 is 2.72 bits per heavy atom. The third-order valence-electron chi connectivity index (χ3n) is 5.40. The molecule has 1 atom stereocenters. The number of benzene rings is 1. The van der Waals surface area contributed by atoms with Crippen LogP contribution in [0.3, 0.4) is 0 Å². The Kier molecular flexibility index (Phi) is 6.20. The van der Waals surface area contributed by atoms with Crippen LogP contribution in [0.2, 0.25) is 5.02 Å². The number of likely N-dealkylation sites (tertiary alicyclic amines) is 1. The number of carbonyl (C=O) groups is 1. The largest absolute Gasteiger partial charge is 0.342 e. The smallest absolute Gasteiger partial charge is 0.227 e. The van der Waals surface area contributed by atoms with Gasteiger partial charge in [-0.25, -0.2) is 0 Å². The number of halogens is 1. The van der Waals surface area contributed by atoms with Crippen LogP contribution in [0.5, 0.6) is 0 Å². The molecule has 5 heteroatoms. The number of carbonyl (C=O) groups excluding carboxylic acids is 1. The standard InChI is InChI=1S/C24H24ClN3O/c25-21-10-8-18(9-11-21)14-22-6-1-7-23(27-22)20-5-3-13-28(17-20)24(29)15-19-4-2-12-26-16-19/h1-2,4,6-12,16,20H,3,5,13-15,17H2/t20-/m0/s1. The molecule has 1 aromatic carbocycles. The summed E-state index contributed by atoms with van der Waals surface area (Å²) in [5, 5.41) is 0.744. The maximum atomic E-state index is 12.7. The van der Waals surface area contributed by atoms with Gasteiger partial charge >= 0.3 is 0 Å².